The van der Waals surface area contributed by atoms with Crippen LogP contribution in [0.3, 0.4) is 0 Å². The van der Waals surface area contributed by atoms with Gasteiger partial charge in [-0.3, -0.25) is 9.52 Å². The second kappa shape index (κ2) is 14.9. The molecule has 2 N–H and O–H groups in total. The molecule has 6 nitrogen and oxygen atoms in total. The highest BCUT2D eigenvalue weighted by Gasteiger charge is 2.43. The van der Waals surface area contributed by atoms with Crippen LogP contribution in [0.1, 0.15) is 80.8 Å². The topological polar surface area (TPSA) is 62.8 Å². The minimum Gasteiger partial charge on any atom is -0.490 e. The number of anilines is 1. The van der Waals surface area contributed by atoms with Crippen LogP contribution in [0.15, 0.2) is 42.0 Å². The molecular formula is C35H47ClFN3O3S. The van der Waals surface area contributed by atoms with Crippen LogP contribution in [0.4, 0.5) is 10.1 Å². The molecule has 4 unspecified atom stereocenters. The van der Waals surface area contributed by atoms with Crippen LogP contribution >= 0.6 is 23.5 Å². The third kappa shape index (κ3) is 7.24. The van der Waals surface area contributed by atoms with Gasteiger partial charge in [0.05, 0.1) is 30.0 Å². The molecule has 0 aromatic heterocycles. The maximum absolute atomic E-state index is 15.3. The van der Waals surface area contributed by atoms with E-state index in [1.54, 1.807) is 6.07 Å². The fourth-order valence-electron chi connectivity index (χ4n) is 7.08. The summed E-state index contributed by atoms with van der Waals surface area (Å²) in [7, 11) is 1.95. The molecule has 5 rings (SSSR count). The van der Waals surface area contributed by atoms with Crippen molar-refractivity contribution in [2.75, 3.05) is 44.8 Å². The zero-order chi connectivity index (χ0) is 31.3. The predicted octanol–water partition coefficient (Wildman–Crippen LogP) is 7.48. The third-order valence-corrected chi connectivity index (χ3v) is 10.9. The van der Waals surface area contributed by atoms with Crippen molar-refractivity contribution in [2.24, 2.45) is 5.92 Å². The van der Waals surface area contributed by atoms with E-state index in [1.807, 2.05) is 31.3 Å². The summed E-state index contributed by atoms with van der Waals surface area (Å²) in [6.45, 7) is 9.92. The molecule has 9 heteroatoms. The minimum absolute atomic E-state index is 0.0264. The molecule has 240 valence electrons. The van der Waals surface area contributed by atoms with Gasteiger partial charge in [-0.1, -0.05) is 44.0 Å². The number of ether oxygens (including phenoxy) is 2. The molecule has 0 saturated carbocycles. The molecule has 1 spiro atoms. The number of rotatable bonds is 5. The van der Waals surface area contributed by atoms with Crippen molar-refractivity contribution in [2.45, 2.75) is 82.5 Å². The van der Waals surface area contributed by atoms with Crippen molar-refractivity contribution in [1.82, 2.24) is 10.0 Å². The van der Waals surface area contributed by atoms with E-state index in [0.717, 1.165) is 68.6 Å². The number of nitrogens with one attached hydrogen (secondary N) is 2. The number of allylic oxidation sites excluding steroid dienone is 1. The van der Waals surface area contributed by atoms with Crippen LogP contribution in [0, 0.1) is 11.7 Å². The van der Waals surface area contributed by atoms with E-state index in [-0.39, 0.29) is 28.1 Å². The largest absolute Gasteiger partial charge is 0.490 e. The number of halogens is 2. The summed E-state index contributed by atoms with van der Waals surface area (Å²) in [4.78, 5) is 15.7. The lowest BCUT2D eigenvalue weighted by molar-refractivity contribution is 0.0353. The van der Waals surface area contributed by atoms with Crippen molar-refractivity contribution < 1.29 is 18.7 Å². The molecule has 2 bridgehead atoms. The van der Waals surface area contributed by atoms with Gasteiger partial charge < -0.3 is 19.7 Å². The summed E-state index contributed by atoms with van der Waals surface area (Å²) in [5.41, 5.74) is 4.10. The van der Waals surface area contributed by atoms with Gasteiger partial charge in [0.15, 0.2) is 0 Å². The summed E-state index contributed by atoms with van der Waals surface area (Å²) in [5.74, 6) is 0.658. The Hall–Kier alpha value is -2.26. The molecule has 0 saturated heterocycles. The maximum Gasteiger partial charge on any atom is 0.261 e. The van der Waals surface area contributed by atoms with E-state index < -0.39 is 5.41 Å². The molecule has 0 fully saturated rings. The Labute approximate surface area is 271 Å². The first kappa shape index (κ1) is 33.1. The Morgan fingerprint density at radius 1 is 1.27 bits per heavy atom. The lowest BCUT2D eigenvalue weighted by Gasteiger charge is -2.41. The summed E-state index contributed by atoms with van der Waals surface area (Å²) in [5, 5.41) is 3.65. The summed E-state index contributed by atoms with van der Waals surface area (Å²) in [6.07, 6.45) is 8.57. The summed E-state index contributed by atoms with van der Waals surface area (Å²) >= 11 is 7.72. The first-order valence-corrected chi connectivity index (χ1v) is 17.4. The van der Waals surface area contributed by atoms with E-state index in [0.29, 0.717) is 43.2 Å². The standard InChI is InChI=1S/C35H47ClFN3O3S/c1-5-25-15-18-40-21-35(16-7-10-27-28(35)12-13-29(36)32(27)37)22-43-31-14-11-26(20-30(31)40)34(41)39-44-24(3)9-6-8-23(2)33(25)42-19-17-38-4/h8,11-14,20,24-25,33,38H,5-7,9-10,15-19,21-22H2,1-4H3,(H,39,41)/b23-8+. The van der Waals surface area contributed by atoms with Crippen molar-refractivity contribution in [3.8, 4) is 5.75 Å². The molecule has 1 aliphatic carbocycles. The van der Waals surface area contributed by atoms with Crippen molar-refractivity contribution in [3.05, 3.63) is 69.5 Å². The highest BCUT2D eigenvalue weighted by atomic mass is 35.5. The quantitative estimate of drug-likeness (QED) is 0.200. The van der Waals surface area contributed by atoms with Gasteiger partial charge in [-0.25, -0.2) is 4.39 Å². The normalized spacial score (nSPS) is 27.5. The van der Waals surface area contributed by atoms with Crippen molar-refractivity contribution in [3.63, 3.8) is 0 Å². The average Bonchev–Trinajstić information content (AvgIpc) is 3.17. The highest BCUT2D eigenvalue weighted by Crippen LogP contribution is 2.45. The Balaban J connectivity index is 1.55. The van der Waals surface area contributed by atoms with Gasteiger partial charge in [-0.2, -0.15) is 0 Å². The van der Waals surface area contributed by atoms with Crippen LogP contribution in [0.25, 0.3) is 0 Å². The van der Waals surface area contributed by atoms with Gasteiger partial charge >= 0.3 is 0 Å². The van der Waals surface area contributed by atoms with Gasteiger partial charge in [0, 0.05) is 35.9 Å². The third-order valence-electron chi connectivity index (χ3n) is 9.62. The number of carbonyl (C=O) groups is 1. The maximum atomic E-state index is 15.3. The monoisotopic (exact) mass is 643 g/mol. The number of nitrogens with zero attached hydrogens (tertiary/aromatic N) is 1. The minimum atomic E-state index is -0.396. The van der Waals surface area contributed by atoms with E-state index in [1.165, 1.54) is 17.5 Å². The van der Waals surface area contributed by atoms with Crippen LogP contribution in [0.5, 0.6) is 5.75 Å². The second-order valence-electron chi connectivity index (χ2n) is 12.7. The molecule has 2 aliphatic heterocycles. The second-order valence-corrected chi connectivity index (χ2v) is 14.3. The molecular weight excluding hydrogens is 597 g/mol. The van der Waals surface area contributed by atoms with Crippen molar-refractivity contribution in [1.29, 1.82) is 0 Å². The van der Waals surface area contributed by atoms with Gasteiger partial charge in [-0.05, 0) is 111 Å². The van der Waals surface area contributed by atoms with Crippen molar-refractivity contribution >= 4 is 35.1 Å². The fourth-order valence-corrected chi connectivity index (χ4v) is 7.94. The first-order chi connectivity index (χ1) is 21.3. The van der Waals surface area contributed by atoms with Crippen LogP contribution in [0.2, 0.25) is 5.02 Å². The molecule has 0 radical (unpaired) electrons. The molecule has 44 heavy (non-hydrogen) atoms. The van der Waals surface area contributed by atoms with E-state index >= 15 is 4.39 Å². The number of likely N-dealkylation sites (N-methyl/N-ethyl adjacent to an activating group) is 1. The smallest absolute Gasteiger partial charge is 0.261 e. The summed E-state index contributed by atoms with van der Waals surface area (Å²) < 4.78 is 31.5. The zero-order valence-corrected chi connectivity index (χ0v) is 28.1. The molecule has 4 atom stereocenters. The molecule has 1 amide bonds. The number of fused-ring (bicyclic) bond motifs is 3. The predicted molar refractivity (Wildman–Crippen MR) is 180 cm³/mol. The van der Waals surface area contributed by atoms with Gasteiger partial charge in [0.25, 0.3) is 5.91 Å². The number of benzene rings is 2. The molecule has 2 aromatic rings. The SMILES string of the molecule is CCC1CCN2CC3(CCCc4c3ccc(Cl)c4F)COc3ccc(cc32)C(=O)NSC(C)CC/C=C(\C)C1OCCNC. The molecule has 2 heterocycles. The first-order valence-electron chi connectivity index (χ1n) is 16.1. The Morgan fingerprint density at radius 3 is 2.91 bits per heavy atom. The lowest BCUT2D eigenvalue weighted by atomic mass is 9.70. The number of hydrogen-bond acceptors (Lipinski definition) is 6. The van der Waals surface area contributed by atoms with Crippen LogP contribution < -0.4 is 19.7 Å². The zero-order valence-electron chi connectivity index (χ0n) is 26.5. The number of amides is 1. The Kier molecular flexibility index (Phi) is 11.2. The van der Waals surface area contributed by atoms with Gasteiger partial charge in [0.2, 0.25) is 0 Å². The lowest BCUT2D eigenvalue weighted by Crippen LogP contribution is -2.46. The Morgan fingerprint density at radius 2 is 2.11 bits per heavy atom. The van der Waals surface area contributed by atoms with Crippen LogP contribution in [-0.2, 0) is 16.6 Å². The Bertz CT molecular complexity index is 1360. The highest BCUT2D eigenvalue weighted by molar-refractivity contribution is 7.98. The number of carbonyl (C=O) groups excluding carboxylic acids is 1. The number of hydrogen-bond donors (Lipinski definition) is 2. The fraction of sp³-hybridized carbons (Fsp3) is 0.571. The van der Waals surface area contributed by atoms with E-state index in [4.69, 9.17) is 21.1 Å². The molecule has 3 aliphatic rings. The summed E-state index contributed by atoms with van der Waals surface area (Å²) in [6, 6.07) is 9.43. The van der Waals surface area contributed by atoms with Gasteiger partial charge in [-0.15, -0.1) is 0 Å². The van der Waals surface area contributed by atoms with E-state index in [2.05, 4.69) is 41.8 Å². The van der Waals surface area contributed by atoms with E-state index in [9.17, 15) is 4.79 Å². The average molecular weight is 644 g/mol. The van der Waals surface area contributed by atoms with Crippen LogP contribution in [-0.4, -0.2) is 57.2 Å². The van der Waals surface area contributed by atoms with Gasteiger partial charge in [0.1, 0.15) is 11.6 Å². The molecule has 2 aromatic carbocycles.